The molecule has 9 heteroatoms. The van der Waals surface area contributed by atoms with E-state index in [-0.39, 0.29) is 0 Å². The fourth-order valence-corrected chi connectivity index (χ4v) is 6.97. The summed E-state index contributed by atoms with van der Waals surface area (Å²) in [6.07, 6.45) is 12.6. The summed E-state index contributed by atoms with van der Waals surface area (Å²) in [4.78, 5) is 3.15. The molecule has 198 valence electrons. The van der Waals surface area contributed by atoms with Crippen molar-refractivity contribution in [2.45, 2.75) is 0 Å². The molecule has 1 aromatic carbocycles. The maximum absolute atomic E-state index is 5.85. The third-order valence-electron chi connectivity index (χ3n) is 6.26. The number of ether oxygens (including phenoxy) is 6. The molecule has 0 bridgehead atoms. The van der Waals surface area contributed by atoms with Gasteiger partial charge in [-0.2, -0.15) is 0 Å². The summed E-state index contributed by atoms with van der Waals surface area (Å²) in [6, 6.07) is 6.51. The molecule has 0 N–H and O–H groups in total. The monoisotopic (exact) mass is 576 g/mol. The Hall–Kier alpha value is -3.66. The molecule has 6 nitrogen and oxygen atoms in total. The number of thiophene rings is 3. The first-order valence-electron chi connectivity index (χ1n) is 12.6. The van der Waals surface area contributed by atoms with Crippen LogP contribution in [-0.4, -0.2) is 39.6 Å². The lowest BCUT2D eigenvalue weighted by Crippen LogP contribution is -2.14. The average Bonchev–Trinajstić information content (AvgIpc) is 3.71. The molecular weight excluding hydrogens is 553 g/mol. The van der Waals surface area contributed by atoms with Crippen LogP contribution >= 0.6 is 34.0 Å². The van der Waals surface area contributed by atoms with Gasteiger partial charge < -0.3 is 28.4 Å². The van der Waals surface area contributed by atoms with Gasteiger partial charge in [-0.1, -0.05) is 18.2 Å². The molecule has 0 spiro atoms. The van der Waals surface area contributed by atoms with E-state index in [0.29, 0.717) is 39.6 Å². The van der Waals surface area contributed by atoms with E-state index in [1.54, 1.807) is 34.0 Å². The highest BCUT2D eigenvalue weighted by Crippen LogP contribution is 2.42. The molecule has 0 atom stereocenters. The van der Waals surface area contributed by atoms with Gasteiger partial charge in [-0.25, -0.2) is 0 Å². The molecule has 4 aromatic rings. The minimum Gasteiger partial charge on any atom is -0.485 e. The molecule has 0 unspecified atom stereocenters. The Morgan fingerprint density at radius 2 is 0.718 bits per heavy atom. The second kappa shape index (κ2) is 10.8. The molecule has 7 rings (SSSR count). The van der Waals surface area contributed by atoms with E-state index in [1.807, 2.05) is 16.1 Å². The Morgan fingerprint density at radius 1 is 0.410 bits per heavy atom. The van der Waals surface area contributed by atoms with Crippen LogP contribution in [0.1, 0.15) is 31.3 Å². The molecule has 0 saturated heterocycles. The van der Waals surface area contributed by atoms with Crippen LogP contribution in [0, 0.1) is 0 Å². The lowest BCUT2D eigenvalue weighted by Gasteiger charge is -2.15. The van der Waals surface area contributed by atoms with Crippen LogP contribution in [-0.2, 0) is 0 Å². The molecule has 39 heavy (non-hydrogen) atoms. The van der Waals surface area contributed by atoms with E-state index < -0.39 is 0 Å². The lowest BCUT2D eigenvalue weighted by molar-refractivity contribution is 0.173. The predicted molar refractivity (Wildman–Crippen MR) is 159 cm³/mol. The topological polar surface area (TPSA) is 55.4 Å². The van der Waals surface area contributed by atoms with E-state index >= 15 is 0 Å². The third kappa shape index (κ3) is 5.17. The number of rotatable bonds is 6. The second-order valence-corrected chi connectivity index (χ2v) is 11.6. The maximum Gasteiger partial charge on any atom is 0.179 e. The lowest BCUT2D eigenvalue weighted by atomic mass is 10.0. The smallest absolute Gasteiger partial charge is 0.179 e. The highest BCUT2D eigenvalue weighted by atomic mass is 32.1. The zero-order chi connectivity index (χ0) is 26.0. The van der Waals surface area contributed by atoms with Crippen LogP contribution < -0.4 is 28.4 Å². The Bertz CT molecular complexity index is 1390. The van der Waals surface area contributed by atoms with Crippen LogP contribution in [0.2, 0.25) is 0 Å². The van der Waals surface area contributed by atoms with Crippen LogP contribution in [0.3, 0.4) is 0 Å². The van der Waals surface area contributed by atoms with Crippen molar-refractivity contribution in [3.63, 3.8) is 0 Å². The van der Waals surface area contributed by atoms with Crippen LogP contribution in [0.5, 0.6) is 34.5 Å². The molecule has 0 saturated carbocycles. The van der Waals surface area contributed by atoms with Crippen molar-refractivity contribution in [3.05, 3.63) is 65.7 Å². The first-order valence-corrected chi connectivity index (χ1v) is 15.2. The Balaban J connectivity index is 1.21. The Kier molecular flexibility index (Phi) is 6.78. The summed E-state index contributed by atoms with van der Waals surface area (Å²) < 4.78 is 34.7. The number of benzene rings is 1. The van der Waals surface area contributed by atoms with Gasteiger partial charge in [0.2, 0.25) is 0 Å². The fraction of sp³-hybridized carbons (Fsp3) is 0.200. The second-order valence-electron chi connectivity index (χ2n) is 8.90. The normalized spacial score (nSPS) is 16.0. The van der Waals surface area contributed by atoms with Gasteiger partial charge >= 0.3 is 0 Å². The molecule has 3 aromatic heterocycles. The third-order valence-corrected chi connectivity index (χ3v) is 8.99. The zero-order valence-corrected chi connectivity index (χ0v) is 23.3. The van der Waals surface area contributed by atoms with Gasteiger partial charge in [-0.15, -0.1) is 34.0 Å². The van der Waals surface area contributed by atoms with E-state index in [4.69, 9.17) is 28.4 Å². The first kappa shape index (κ1) is 24.4. The Labute approximate surface area is 237 Å². The number of hydrogen-bond acceptors (Lipinski definition) is 9. The van der Waals surface area contributed by atoms with Gasteiger partial charge in [0.1, 0.15) is 39.6 Å². The van der Waals surface area contributed by atoms with E-state index in [2.05, 4.69) is 54.7 Å². The van der Waals surface area contributed by atoms with Gasteiger partial charge in [0, 0.05) is 16.1 Å². The van der Waals surface area contributed by atoms with Crippen molar-refractivity contribution in [1.82, 2.24) is 0 Å². The van der Waals surface area contributed by atoms with E-state index in [1.165, 1.54) is 0 Å². The standard InChI is InChI=1S/C30H24O6S3/c1(4-25-28-22(16-37-25)31-7-10-34-28)19-13-20(2-5-26-29-23(17-38-26)32-8-11-35-29)15-21(14-19)3-6-27-30-24(18-39-27)33-9-12-36-30/h1-6,13-18H,7-12H2/b4-1+,5-2+,6-3+. The minimum absolute atomic E-state index is 0.572. The van der Waals surface area contributed by atoms with Crippen LogP contribution in [0.25, 0.3) is 36.5 Å². The molecular formula is C30H24O6S3. The van der Waals surface area contributed by atoms with E-state index in [9.17, 15) is 0 Å². The highest BCUT2D eigenvalue weighted by Gasteiger charge is 2.19. The van der Waals surface area contributed by atoms with Crippen molar-refractivity contribution in [1.29, 1.82) is 0 Å². The maximum atomic E-state index is 5.85. The molecule has 3 aliphatic heterocycles. The van der Waals surface area contributed by atoms with Gasteiger partial charge in [0.25, 0.3) is 0 Å². The summed E-state index contributed by atoms with van der Waals surface area (Å²) in [5.41, 5.74) is 3.24. The van der Waals surface area contributed by atoms with Crippen LogP contribution in [0.4, 0.5) is 0 Å². The van der Waals surface area contributed by atoms with Crippen LogP contribution in [0.15, 0.2) is 34.3 Å². The number of fused-ring (bicyclic) bond motifs is 3. The summed E-state index contributed by atoms with van der Waals surface area (Å²) in [7, 11) is 0. The molecule has 0 aliphatic carbocycles. The predicted octanol–water partition coefficient (Wildman–Crippen LogP) is 7.70. The minimum atomic E-state index is 0.572. The largest absolute Gasteiger partial charge is 0.485 e. The Morgan fingerprint density at radius 3 is 1.05 bits per heavy atom. The van der Waals surface area contributed by atoms with Crippen molar-refractivity contribution in [2.75, 3.05) is 39.6 Å². The van der Waals surface area contributed by atoms with Crippen molar-refractivity contribution in [3.8, 4) is 34.5 Å². The highest BCUT2D eigenvalue weighted by molar-refractivity contribution is 7.12. The van der Waals surface area contributed by atoms with E-state index in [0.717, 1.165) is 65.8 Å². The molecule has 0 radical (unpaired) electrons. The zero-order valence-electron chi connectivity index (χ0n) is 20.8. The SMILES string of the molecule is C(=C\c1scc2c1OCCO2)/c1cc(/C=C/c2scc3c2OCCO3)cc(/C=C/c2scc3c2OCCO3)c1. The van der Waals surface area contributed by atoms with Gasteiger partial charge in [0.05, 0.1) is 14.6 Å². The van der Waals surface area contributed by atoms with Gasteiger partial charge in [0.15, 0.2) is 34.5 Å². The van der Waals surface area contributed by atoms with Crippen molar-refractivity contribution < 1.29 is 28.4 Å². The summed E-state index contributed by atoms with van der Waals surface area (Å²) in [6.45, 7) is 3.48. The summed E-state index contributed by atoms with van der Waals surface area (Å²) in [5, 5.41) is 6.01. The molecule has 6 heterocycles. The average molecular weight is 577 g/mol. The molecule has 0 fully saturated rings. The number of hydrogen-bond donors (Lipinski definition) is 0. The van der Waals surface area contributed by atoms with Crippen molar-refractivity contribution in [2.24, 2.45) is 0 Å². The summed E-state index contributed by atoms with van der Waals surface area (Å²) >= 11 is 4.87. The van der Waals surface area contributed by atoms with Crippen molar-refractivity contribution >= 4 is 70.5 Å². The molecule has 3 aliphatic rings. The summed E-state index contributed by atoms with van der Waals surface area (Å²) in [5.74, 6) is 4.95. The fourth-order valence-electron chi connectivity index (χ4n) is 4.50. The first-order chi connectivity index (χ1) is 19.3. The quantitative estimate of drug-likeness (QED) is 0.235. The van der Waals surface area contributed by atoms with Gasteiger partial charge in [-0.05, 0) is 53.1 Å². The van der Waals surface area contributed by atoms with Gasteiger partial charge in [-0.3, -0.25) is 0 Å². The molecule has 0 amide bonds.